The zero-order chi connectivity index (χ0) is 48.1. The van der Waals surface area contributed by atoms with Crippen LogP contribution in [0.25, 0.3) is 93.9 Å². The van der Waals surface area contributed by atoms with Gasteiger partial charge < -0.3 is 5.11 Å². The number of hydrogen-bond acceptors (Lipinski definition) is 3. The summed E-state index contributed by atoms with van der Waals surface area (Å²) in [5.41, 5.74) is 13.3. The van der Waals surface area contributed by atoms with E-state index in [2.05, 4.69) is 233 Å². The summed E-state index contributed by atoms with van der Waals surface area (Å²) >= 11 is 0. The van der Waals surface area contributed by atoms with Crippen molar-refractivity contribution < 1.29 is 26.2 Å². The third-order valence-corrected chi connectivity index (χ3v) is 13.8. The number of imidazole rings is 1. The van der Waals surface area contributed by atoms with Crippen LogP contribution in [0.2, 0.25) is 0 Å². The number of phenolic OH excluding ortho intramolecular Hbond substituents is 1. The molecule has 10 rings (SSSR count). The predicted octanol–water partition coefficient (Wildman–Crippen LogP) is 17.2. The number of aromatic hydroxyl groups is 1. The monoisotopic (exact) mass is 1080 g/mol. The molecule has 0 aliphatic carbocycles. The van der Waals surface area contributed by atoms with Crippen LogP contribution in [-0.4, -0.2) is 19.6 Å². The summed E-state index contributed by atoms with van der Waals surface area (Å²) in [6.07, 6.45) is 1.90. The predicted molar refractivity (Wildman–Crippen MR) is 288 cm³/mol. The van der Waals surface area contributed by atoms with E-state index in [1.54, 1.807) is 0 Å². The molecule has 0 radical (unpaired) electrons. The first-order valence-electron chi connectivity index (χ1n) is 24.0. The van der Waals surface area contributed by atoms with Gasteiger partial charge in [-0.2, -0.15) is 0 Å². The fraction of sp³-hybridized carbons (Fsp3) is 0.250. The van der Waals surface area contributed by atoms with Gasteiger partial charge in [0.1, 0.15) is 11.6 Å². The molecular formula is C64H62N3OPt-. The first-order valence-corrected chi connectivity index (χ1v) is 24.0. The minimum absolute atomic E-state index is 0. The first-order chi connectivity index (χ1) is 32.1. The molecule has 0 bridgehead atoms. The van der Waals surface area contributed by atoms with Crippen molar-refractivity contribution in [2.45, 2.75) is 105 Å². The number of hydrogen-bond donors (Lipinski definition) is 1. The summed E-state index contributed by atoms with van der Waals surface area (Å²) < 4.78 is 2.27. The van der Waals surface area contributed by atoms with Crippen LogP contribution in [-0.2, 0) is 42.7 Å². The van der Waals surface area contributed by atoms with E-state index in [9.17, 15) is 5.11 Å². The van der Waals surface area contributed by atoms with E-state index in [0.29, 0.717) is 11.4 Å². The van der Waals surface area contributed by atoms with Gasteiger partial charge in [0.2, 0.25) is 0 Å². The van der Waals surface area contributed by atoms with E-state index in [-0.39, 0.29) is 48.5 Å². The van der Waals surface area contributed by atoms with Crippen LogP contribution in [0.1, 0.15) is 105 Å². The molecule has 0 aliphatic heterocycles. The Morgan fingerprint density at radius 2 is 1.06 bits per heavy atom. The van der Waals surface area contributed by atoms with Crippen molar-refractivity contribution in [1.82, 2.24) is 14.5 Å². The second kappa shape index (κ2) is 17.3. The molecule has 0 atom stereocenters. The molecule has 0 saturated carbocycles. The molecule has 0 saturated heterocycles. The molecule has 8 aromatic carbocycles. The minimum atomic E-state index is -0.331. The third kappa shape index (κ3) is 8.71. The van der Waals surface area contributed by atoms with Gasteiger partial charge in [0, 0.05) is 44.2 Å². The zero-order valence-electron chi connectivity index (χ0n) is 42.0. The van der Waals surface area contributed by atoms with E-state index in [0.717, 1.165) is 61.4 Å². The van der Waals surface area contributed by atoms with Crippen molar-refractivity contribution in [3.63, 3.8) is 0 Å². The summed E-state index contributed by atoms with van der Waals surface area (Å²) in [6.45, 7) is 26.8. The summed E-state index contributed by atoms with van der Waals surface area (Å²) in [7, 11) is 0. The van der Waals surface area contributed by atoms with Gasteiger partial charge in [-0.05, 0) is 113 Å². The Morgan fingerprint density at radius 1 is 0.464 bits per heavy atom. The fourth-order valence-corrected chi connectivity index (χ4v) is 9.79. The average molecular weight is 1080 g/mol. The standard InChI is InChI=1S/C64H62N3O.Pt/c1-61(2,3)43-25-27-50-51-28-26-46(38-53(51)49-22-17-16-21-48(49)52(50)35-43)67-57-24-18-23-47(58(57)66-60(67)54-36-45(63(7,8)9)37-55(59(54)68)64(10,11)12)41-31-42(33-44(32-41)62(4,5)6)56-34-40(29-30-65-56)39-19-14-13-15-20-39;/h13-30,32-38,68H,1-12H3;/q-1;. The van der Waals surface area contributed by atoms with Gasteiger partial charge in [-0.1, -0.05) is 191 Å². The molecule has 2 heterocycles. The second-order valence-electron chi connectivity index (χ2n) is 22.9. The number of pyridine rings is 1. The van der Waals surface area contributed by atoms with Crippen LogP contribution in [0, 0.1) is 6.07 Å². The van der Waals surface area contributed by atoms with Crippen molar-refractivity contribution in [2.75, 3.05) is 0 Å². The fourth-order valence-electron chi connectivity index (χ4n) is 9.79. The van der Waals surface area contributed by atoms with Gasteiger partial charge in [0.25, 0.3) is 0 Å². The maximum absolute atomic E-state index is 12.6. The van der Waals surface area contributed by atoms with Crippen molar-refractivity contribution in [1.29, 1.82) is 0 Å². The summed E-state index contributed by atoms with van der Waals surface area (Å²) in [5, 5.41) is 19.9. The van der Waals surface area contributed by atoms with Crippen LogP contribution in [0.15, 0.2) is 152 Å². The Morgan fingerprint density at radius 3 is 1.71 bits per heavy atom. The second-order valence-corrected chi connectivity index (χ2v) is 22.9. The number of aromatic nitrogens is 3. The van der Waals surface area contributed by atoms with Crippen molar-refractivity contribution in [3.05, 3.63) is 180 Å². The molecule has 0 fully saturated rings. The Hall–Kier alpha value is -6.35. The van der Waals surface area contributed by atoms with Crippen LogP contribution in [0.4, 0.5) is 0 Å². The van der Waals surface area contributed by atoms with Crippen LogP contribution in [0.5, 0.6) is 5.75 Å². The van der Waals surface area contributed by atoms with E-state index in [1.807, 2.05) is 12.3 Å². The Balaban J connectivity index is 0.00000593. The van der Waals surface area contributed by atoms with Crippen molar-refractivity contribution >= 4 is 43.4 Å². The molecule has 5 heteroatoms. The Bertz CT molecular complexity index is 3590. The van der Waals surface area contributed by atoms with E-state index < -0.39 is 0 Å². The van der Waals surface area contributed by atoms with Crippen LogP contribution >= 0.6 is 0 Å². The van der Waals surface area contributed by atoms with Crippen LogP contribution in [0.3, 0.4) is 0 Å². The van der Waals surface area contributed by atoms with E-state index in [1.165, 1.54) is 43.4 Å². The normalized spacial score (nSPS) is 12.6. The number of nitrogens with zero attached hydrogens (tertiary/aromatic N) is 3. The minimum Gasteiger partial charge on any atom is -0.507 e. The molecular weight excluding hydrogens is 1020 g/mol. The Kier molecular flexibility index (Phi) is 11.9. The summed E-state index contributed by atoms with van der Waals surface area (Å²) in [4.78, 5) is 10.6. The maximum Gasteiger partial charge on any atom is 0.148 e. The van der Waals surface area contributed by atoms with Gasteiger partial charge in [0.05, 0.1) is 16.6 Å². The van der Waals surface area contributed by atoms with E-state index >= 15 is 0 Å². The molecule has 0 amide bonds. The number of fused-ring (bicyclic) bond motifs is 7. The Labute approximate surface area is 422 Å². The average Bonchev–Trinajstić information content (AvgIpc) is 3.70. The van der Waals surface area contributed by atoms with Crippen molar-refractivity contribution in [2.24, 2.45) is 0 Å². The number of rotatable bonds is 5. The zero-order valence-corrected chi connectivity index (χ0v) is 44.3. The largest absolute Gasteiger partial charge is 0.507 e. The molecule has 4 nitrogen and oxygen atoms in total. The number of para-hydroxylation sites is 1. The molecule has 0 unspecified atom stereocenters. The molecule has 2 aromatic heterocycles. The first kappa shape index (κ1) is 47.7. The van der Waals surface area contributed by atoms with Gasteiger partial charge in [0.15, 0.2) is 0 Å². The molecule has 10 aromatic rings. The topological polar surface area (TPSA) is 50.9 Å². The summed E-state index contributed by atoms with van der Waals surface area (Å²) in [6, 6.07) is 56.5. The molecule has 1 N–H and O–H groups in total. The third-order valence-electron chi connectivity index (χ3n) is 13.8. The van der Waals surface area contributed by atoms with Gasteiger partial charge >= 0.3 is 0 Å². The van der Waals surface area contributed by atoms with E-state index in [4.69, 9.17) is 9.97 Å². The van der Waals surface area contributed by atoms with Crippen molar-refractivity contribution in [3.8, 4) is 56.3 Å². The molecule has 69 heavy (non-hydrogen) atoms. The molecule has 350 valence electrons. The molecule has 0 spiro atoms. The SMILES string of the molecule is CC(C)(C)c1cc(-c2cc(-c3ccccc3)ccn2)[c-]c(-c2cccc3c2nc(-c2cc(C(C)(C)C)cc(C(C)(C)C)c2O)n3-c2ccc3c4ccc(C(C)(C)C)cc4c4ccccc4c3c2)c1.[Pt]. The van der Waals surface area contributed by atoms with Gasteiger partial charge in [-0.15, -0.1) is 29.3 Å². The summed E-state index contributed by atoms with van der Waals surface area (Å²) in [5.74, 6) is 0.939. The van der Waals surface area contributed by atoms with Gasteiger partial charge in [-0.25, -0.2) is 4.98 Å². The number of benzene rings is 8. The molecule has 0 aliphatic rings. The maximum atomic E-state index is 12.6. The smallest absolute Gasteiger partial charge is 0.148 e. The quantitative estimate of drug-likeness (QED) is 0.138. The number of phenols is 1. The van der Waals surface area contributed by atoms with Crippen LogP contribution < -0.4 is 0 Å². The van der Waals surface area contributed by atoms with Gasteiger partial charge in [-0.3, -0.25) is 9.55 Å².